The Bertz CT molecular complexity index is 272. The zero-order chi connectivity index (χ0) is 8.55. The maximum atomic E-state index is 12.9. The van der Waals surface area contributed by atoms with Crippen molar-refractivity contribution in [1.82, 2.24) is 0 Å². The zero-order valence-electron chi connectivity index (χ0n) is 7.10. The maximum absolute atomic E-state index is 12.9. The summed E-state index contributed by atoms with van der Waals surface area (Å²) >= 11 is 0. The summed E-state index contributed by atoms with van der Waals surface area (Å²) in [6.45, 7) is 1.90. The standard InChI is InChI=1S/C10H12FN/c1-7-4-8(11)6-10(5-7)12-9-2-3-9/h4-6,9,12H,2-3H2,1H3. The molecule has 1 saturated carbocycles. The molecule has 0 radical (unpaired) electrons. The van der Waals surface area contributed by atoms with E-state index in [1.54, 1.807) is 6.07 Å². The molecule has 0 aromatic heterocycles. The third-order valence-corrected chi connectivity index (χ3v) is 1.99. The largest absolute Gasteiger partial charge is 0.382 e. The van der Waals surface area contributed by atoms with E-state index in [4.69, 9.17) is 0 Å². The van der Waals surface area contributed by atoms with Crippen LogP contribution in [0.2, 0.25) is 0 Å². The molecule has 64 valence electrons. The Morgan fingerprint density at radius 2 is 2.08 bits per heavy atom. The molecular weight excluding hydrogens is 153 g/mol. The van der Waals surface area contributed by atoms with Gasteiger partial charge in [0.2, 0.25) is 0 Å². The molecule has 1 aromatic rings. The second-order valence-electron chi connectivity index (χ2n) is 3.44. The molecule has 0 unspecified atom stereocenters. The topological polar surface area (TPSA) is 12.0 Å². The van der Waals surface area contributed by atoms with Crippen LogP contribution in [0.3, 0.4) is 0 Å². The maximum Gasteiger partial charge on any atom is 0.125 e. The number of anilines is 1. The highest BCUT2D eigenvalue weighted by atomic mass is 19.1. The van der Waals surface area contributed by atoms with Crippen molar-refractivity contribution in [3.63, 3.8) is 0 Å². The Balaban J connectivity index is 2.18. The molecular formula is C10H12FN. The third-order valence-electron chi connectivity index (χ3n) is 1.99. The minimum atomic E-state index is -0.154. The minimum Gasteiger partial charge on any atom is -0.382 e. The summed E-state index contributed by atoms with van der Waals surface area (Å²) in [4.78, 5) is 0. The summed E-state index contributed by atoms with van der Waals surface area (Å²) < 4.78 is 12.9. The van der Waals surface area contributed by atoms with Crippen LogP contribution in [0.5, 0.6) is 0 Å². The lowest BCUT2D eigenvalue weighted by Gasteiger charge is -2.04. The van der Waals surface area contributed by atoms with E-state index in [1.165, 1.54) is 18.9 Å². The first-order valence-corrected chi connectivity index (χ1v) is 4.28. The fraction of sp³-hybridized carbons (Fsp3) is 0.400. The predicted molar refractivity (Wildman–Crippen MR) is 47.8 cm³/mol. The quantitative estimate of drug-likeness (QED) is 0.710. The van der Waals surface area contributed by atoms with Crippen molar-refractivity contribution >= 4 is 5.69 Å². The Morgan fingerprint density at radius 3 is 2.67 bits per heavy atom. The van der Waals surface area contributed by atoms with E-state index in [-0.39, 0.29) is 5.82 Å². The molecule has 0 aliphatic heterocycles. The fourth-order valence-electron chi connectivity index (χ4n) is 1.28. The molecule has 2 rings (SSSR count). The van der Waals surface area contributed by atoms with Crippen LogP contribution < -0.4 is 5.32 Å². The summed E-state index contributed by atoms with van der Waals surface area (Å²) in [5.74, 6) is -0.154. The summed E-state index contributed by atoms with van der Waals surface area (Å²) in [7, 11) is 0. The highest BCUT2D eigenvalue weighted by Crippen LogP contribution is 2.25. The normalized spacial score (nSPS) is 16.2. The van der Waals surface area contributed by atoms with E-state index in [0.717, 1.165) is 11.3 Å². The van der Waals surface area contributed by atoms with Crippen LogP contribution in [0.4, 0.5) is 10.1 Å². The van der Waals surface area contributed by atoms with E-state index < -0.39 is 0 Å². The molecule has 1 aliphatic carbocycles. The molecule has 1 aromatic carbocycles. The third kappa shape index (κ3) is 1.76. The van der Waals surface area contributed by atoms with Gasteiger partial charge in [-0.3, -0.25) is 0 Å². The summed E-state index contributed by atoms with van der Waals surface area (Å²) in [6.07, 6.45) is 2.44. The van der Waals surface area contributed by atoms with Crippen LogP contribution in [0.1, 0.15) is 18.4 Å². The lowest BCUT2D eigenvalue weighted by molar-refractivity contribution is 0.627. The zero-order valence-corrected chi connectivity index (χ0v) is 7.10. The molecule has 0 atom stereocenters. The summed E-state index contributed by atoms with van der Waals surface area (Å²) in [5, 5.41) is 3.26. The minimum absolute atomic E-state index is 0.154. The Kier molecular flexibility index (Phi) is 1.75. The van der Waals surface area contributed by atoms with E-state index in [1.807, 2.05) is 13.0 Å². The van der Waals surface area contributed by atoms with Crippen molar-refractivity contribution in [2.24, 2.45) is 0 Å². The van der Waals surface area contributed by atoms with Gasteiger partial charge >= 0.3 is 0 Å². The molecule has 1 N–H and O–H groups in total. The molecule has 12 heavy (non-hydrogen) atoms. The average Bonchev–Trinajstić information content (AvgIpc) is 2.68. The predicted octanol–water partition coefficient (Wildman–Crippen LogP) is 2.71. The van der Waals surface area contributed by atoms with E-state index >= 15 is 0 Å². The van der Waals surface area contributed by atoms with Crippen LogP contribution in [-0.4, -0.2) is 6.04 Å². The molecule has 0 bridgehead atoms. The van der Waals surface area contributed by atoms with E-state index in [9.17, 15) is 4.39 Å². The van der Waals surface area contributed by atoms with Crippen molar-refractivity contribution in [3.8, 4) is 0 Å². The van der Waals surface area contributed by atoms with Gasteiger partial charge in [-0.1, -0.05) is 0 Å². The van der Waals surface area contributed by atoms with Gasteiger partial charge in [-0.2, -0.15) is 0 Å². The SMILES string of the molecule is Cc1cc(F)cc(NC2CC2)c1. The van der Waals surface area contributed by atoms with Crippen molar-refractivity contribution in [2.75, 3.05) is 5.32 Å². The van der Waals surface area contributed by atoms with Crippen molar-refractivity contribution in [2.45, 2.75) is 25.8 Å². The number of rotatable bonds is 2. The lowest BCUT2D eigenvalue weighted by atomic mass is 10.2. The molecule has 1 aliphatic rings. The first-order valence-electron chi connectivity index (χ1n) is 4.28. The van der Waals surface area contributed by atoms with Crippen molar-refractivity contribution in [3.05, 3.63) is 29.6 Å². The number of nitrogens with one attached hydrogen (secondary N) is 1. The number of aryl methyl sites for hydroxylation is 1. The Morgan fingerprint density at radius 1 is 1.33 bits per heavy atom. The van der Waals surface area contributed by atoms with Gasteiger partial charge in [0.1, 0.15) is 5.82 Å². The van der Waals surface area contributed by atoms with Crippen LogP contribution >= 0.6 is 0 Å². The number of hydrogen-bond acceptors (Lipinski definition) is 1. The van der Waals surface area contributed by atoms with Gasteiger partial charge in [-0.05, 0) is 43.5 Å². The van der Waals surface area contributed by atoms with Crippen LogP contribution in [0.15, 0.2) is 18.2 Å². The summed E-state index contributed by atoms with van der Waals surface area (Å²) in [6, 6.07) is 5.65. The monoisotopic (exact) mass is 165 g/mol. The van der Waals surface area contributed by atoms with Gasteiger partial charge in [0.15, 0.2) is 0 Å². The number of hydrogen-bond donors (Lipinski definition) is 1. The van der Waals surface area contributed by atoms with E-state index in [2.05, 4.69) is 5.32 Å². The van der Waals surface area contributed by atoms with Crippen LogP contribution in [0.25, 0.3) is 0 Å². The van der Waals surface area contributed by atoms with Crippen molar-refractivity contribution < 1.29 is 4.39 Å². The van der Waals surface area contributed by atoms with Crippen LogP contribution in [0, 0.1) is 12.7 Å². The molecule has 2 heteroatoms. The second kappa shape index (κ2) is 2.77. The molecule has 0 spiro atoms. The molecule has 1 nitrogen and oxygen atoms in total. The number of halogens is 1. The molecule has 0 amide bonds. The van der Waals surface area contributed by atoms with Crippen LogP contribution in [-0.2, 0) is 0 Å². The van der Waals surface area contributed by atoms with E-state index in [0.29, 0.717) is 6.04 Å². The molecule has 0 saturated heterocycles. The fourth-order valence-corrected chi connectivity index (χ4v) is 1.28. The molecule has 1 fully saturated rings. The van der Waals surface area contributed by atoms with Gasteiger partial charge < -0.3 is 5.32 Å². The first-order chi connectivity index (χ1) is 5.74. The first kappa shape index (κ1) is 7.59. The van der Waals surface area contributed by atoms with Gasteiger partial charge in [-0.25, -0.2) is 4.39 Å². The molecule has 0 heterocycles. The van der Waals surface area contributed by atoms with Gasteiger partial charge in [0, 0.05) is 11.7 Å². The van der Waals surface area contributed by atoms with Gasteiger partial charge in [0.05, 0.1) is 0 Å². The summed E-state index contributed by atoms with van der Waals surface area (Å²) in [5.41, 5.74) is 1.88. The highest BCUT2D eigenvalue weighted by Gasteiger charge is 2.20. The number of benzene rings is 1. The van der Waals surface area contributed by atoms with Crippen molar-refractivity contribution in [1.29, 1.82) is 0 Å². The lowest BCUT2D eigenvalue weighted by Crippen LogP contribution is -2.01. The van der Waals surface area contributed by atoms with Gasteiger partial charge in [-0.15, -0.1) is 0 Å². The second-order valence-corrected chi connectivity index (χ2v) is 3.44. The Labute approximate surface area is 71.6 Å². The smallest absolute Gasteiger partial charge is 0.125 e. The Hall–Kier alpha value is -1.05. The average molecular weight is 165 g/mol. The van der Waals surface area contributed by atoms with Gasteiger partial charge in [0.25, 0.3) is 0 Å². The highest BCUT2D eigenvalue weighted by molar-refractivity contribution is 5.47.